The maximum atomic E-state index is 11.9. The van der Waals surface area contributed by atoms with Crippen LogP contribution in [0.25, 0.3) is 0 Å². The third-order valence-electron chi connectivity index (χ3n) is 2.30. The molecule has 0 unspecified atom stereocenters. The standard InChI is InChI=1S/C12H14ClNO3/c1-14(7-3-6-11(15)16)12(17)9-4-2-5-10(13)8-9/h2,4-5,8H,3,6-7H2,1H3,(H,15,16). The van der Waals surface area contributed by atoms with Crippen molar-refractivity contribution in [3.05, 3.63) is 34.9 Å². The van der Waals surface area contributed by atoms with Crippen molar-refractivity contribution in [3.63, 3.8) is 0 Å². The van der Waals surface area contributed by atoms with Crippen LogP contribution in [0, 0.1) is 0 Å². The lowest BCUT2D eigenvalue weighted by atomic mass is 10.2. The molecule has 0 saturated carbocycles. The Morgan fingerprint density at radius 2 is 2.12 bits per heavy atom. The molecule has 0 aliphatic rings. The second-order valence-electron chi connectivity index (χ2n) is 3.73. The molecule has 0 bridgehead atoms. The second kappa shape index (κ2) is 6.25. The maximum absolute atomic E-state index is 11.9. The van der Waals surface area contributed by atoms with Gasteiger partial charge in [-0.05, 0) is 24.6 Å². The van der Waals surface area contributed by atoms with Crippen LogP contribution in [-0.4, -0.2) is 35.5 Å². The van der Waals surface area contributed by atoms with E-state index in [-0.39, 0.29) is 12.3 Å². The highest BCUT2D eigenvalue weighted by Crippen LogP contribution is 2.12. The first-order chi connectivity index (χ1) is 8.00. The summed E-state index contributed by atoms with van der Waals surface area (Å²) in [6, 6.07) is 6.68. The molecular weight excluding hydrogens is 242 g/mol. The average molecular weight is 256 g/mol. The number of hydrogen-bond donors (Lipinski definition) is 1. The summed E-state index contributed by atoms with van der Waals surface area (Å²) in [4.78, 5) is 23.7. The topological polar surface area (TPSA) is 57.6 Å². The lowest BCUT2D eigenvalue weighted by molar-refractivity contribution is -0.137. The number of carbonyl (C=O) groups is 2. The van der Waals surface area contributed by atoms with Crippen LogP contribution in [0.3, 0.4) is 0 Å². The van der Waals surface area contributed by atoms with Gasteiger partial charge in [-0.15, -0.1) is 0 Å². The highest BCUT2D eigenvalue weighted by Gasteiger charge is 2.11. The Morgan fingerprint density at radius 3 is 2.71 bits per heavy atom. The lowest BCUT2D eigenvalue weighted by Crippen LogP contribution is -2.28. The Labute approximate surface area is 105 Å². The zero-order valence-electron chi connectivity index (χ0n) is 9.52. The highest BCUT2D eigenvalue weighted by atomic mass is 35.5. The SMILES string of the molecule is CN(CCCC(=O)O)C(=O)c1cccc(Cl)c1. The second-order valence-corrected chi connectivity index (χ2v) is 4.17. The minimum Gasteiger partial charge on any atom is -0.481 e. The molecule has 5 heteroatoms. The van der Waals surface area contributed by atoms with Crippen molar-refractivity contribution in [1.82, 2.24) is 4.90 Å². The van der Waals surface area contributed by atoms with Gasteiger partial charge in [-0.2, -0.15) is 0 Å². The van der Waals surface area contributed by atoms with Gasteiger partial charge in [-0.25, -0.2) is 0 Å². The molecule has 0 spiro atoms. The molecule has 0 radical (unpaired) electrons. The number of nitrogens with zero attached hydrogens (tertiary/aromatic N) is 1. The Kier molecular flexibility index (Phi) is 4.97. The van der Waals surface area contributed by atoms with Crippen LogP contribution >= 0.6 is 11.6 Å². The first-order valence-corrected chi connectivity index (χ1v) is 5.61. The Hall–Kier alpha value is -1.55. The zero-order valence-corrected chi connectivity index (χ0v) is 10.3. The molecule has 0 aromatic heterocycles. The van der Waals surface area contributed by atoms with Crippen molar-refractivity contribution in [1.29, 1.82) is 0 Å². The number of carbonyl (C=O) groups excluding carboxylic acids is 1. The van der Waals surface area contributed by atoms with Crippen LogP contribution in [0.5, 0.6) is 0 Å². The molecule has 1 N–H and O–H groups in total. The fourth-order valence-electron chi connectivity index (χ4n) is 1.41. The largest absolute Gasteiger partial charge is 0.481 e. The van der Waals surface area contributed by atoms with Gasteiger partial charge in [0, 0.05) is 30.6 Å². The van der Waals surface area contributed by atoms with Crippen LogP contribution < -0.4 is 0 Å². The molecule has 1 amide bonds. The Bertz CT molecular complexity index is 420. The number of carboxylic acid groups (broad SMARTS) is 1. The Morgan fingerprint density at radius 1 is 1.41 bits per heavy atom. The van der Waals surface area contributed by atoms with Crippen LogP contribution in [0.1, 0.15) is 23.2 Å². The zero-order chi connectivity index (χ0) is 12.8. The molecule has 1 aromatic rings. The number of aliphatic carboxylic acids is 1. The molecule has 0 atom stereocenters. The molecule has 0 heterocycles. The van der Waals surface area contributed by atoms with Crippen LogP contribution in [0.15, 0.2) is 24.3 Å². The van der Waals surface area contributed by atoms with Crippen molar-refractivity contribution in [2.24, 2.45) is 0 Å². The number of carboxylic acids is 1. The van der Waals surface area contributed by atoms with E-state index in [2.05, 4.69) is 0 Å². The van der Waals surface area contributed by atoms with Gasteiger partial charge in [0.05, 0.1) is 0 Å². The van der Waals surface area contributed by atoms with Gasteiger partial charge in [0.15, 0.2) is 0 Å². The van der Waals surface area contributed by atoms with Crippen molar-refractivity contribution >= 4 is 23.5 Å². The molecule has 92 valence electrons. The van der Waals surface area contributed by atoms with E-state index in [1.165, 1.54) is 4.90 Å². The van der Waals surface area contributed by atoms with Crippen molar-refractivity contribution in [3.8, 4) is 0 Å². The van der Waals surface area contributed by atoms with Crippen molar-refractivity contribution < 1.29 is 14.7 Å². The van der Waals surface area contributed by atoms with Crippen LogP contribution in [-0.2, 0) is 4.79 Å². The minimum absolute atomic E-state index is 0.0627. The predicted octanol–water partition coefficient (Wildman–Crippen LogP) is 2.28. The number of rotatable bonds is 5. The van der Waals surface area contributed by atoms with E-state index >= 15 is 0 Å². The first-order valence-electron chi connectivity index (χ1n) is 5.23. The van der Waals surface area contributed by atoms with Crippen LogP contribution in [0.2, 0.25) is 5.02 Å². The van der Waals surface area contributed by atoms with Gasteiger partial charge in [-0.1, -0.05) is 17.7 Å². The summed E-state index contributed by atoms with van der Waals surface area (Å²) in [5, 5.41) is 9.01. The Balaban J connectivity index is 2.54. The highest BCUT2D eigenvalue weighted by molar-refractivity contribution is 6.30. The number of amides is 1. The van der Waals surface area contributed by atoms with Crippen molar-refractivity contribution in [2.75, 3.05) is 13.6 Å². The molecule has 0 saturated heterocycles. The van der Waals surface area contributed by atoms with E-state index in [0.29, 0.717) is 23.6 Å². The summed E-state index contributed by atoms with van der Waals surface area (Å²) in [5.74, 6) is -1.01. The van der Waals surface area contributed by atoms with Gasteiger partial charge in [0.1, 0.15) is 0 Å². The third-order valence-corrected chi connectivity index (χ3v) is 2.54. The van der Waals surface area contributed by atoms with E-state index < -0.39 is 5.97 Å². The molecule has 4 nitrogen and oxygen atoms in total. The fourth-order valence-corrected chi connectivity index (χ4v) is 1.60. The predicted molar refractivity (Wildman–Crippen MR) is 65.3 cm³/mol. The lowest BCUT2D eigenvalue weighted by Gasteiger charge is -2.16. The maximum Gasteiger partial charge on any atom is 0.303 e. The molecule has 0 aliphatic heterocycles. The molecule has 1 rings (SSSR count). The quantitative estimate of drug-likeness (QED) is 0.878. The smallest absolute Gasteiger partial charge is 0.303 e. The van der Waals surface area contributed by atoms with E-state index in [1.54, 1.807) is 31.3 Å². The number of hydrogen-bond acceptors (Lipinski definition) is 2. The monoisotopic (exact) mass is 255 g/mol. The van der Waals surface area contributed by atoms with Gasteiger partial charge < -0.3 is 10.0 Å². The van der Waals surface area contributed by atoms with Gasteiger partial charge >= 0.3 is 5.97 Å². The van der Waals surface area contributed by atoms with E-state index in [4.69, 9.17) is 16.7 Å². The third kappa shape index (κ3) is 4.44. The number of benzene rings is 1. The average Bonchev–Trinajstić information content (AvgIpc) is 2.27. The molecule has 0 fully saturated rings. The molecule has 17 heavy (non-hydrogen) atoms. The summed E-state index contributed by atoms with van der Waals surface area (Å²) in [6.07, 6.45) is 0.505. The molecular formula is C12H14ClNO3. The summed E-state index contributed by atoms with van der Waals surface area (Å²) in [5.41, 5.74) is 0.510. The van der Waals surface area contributed by atoms with Gasteiger partial charge in [-0.3, -0.25) is 9.59 Å². The van der Waals surface area contributed by atoms with E-state index in [9.17, 15) is 9.59 Å². The summed E-state index contributed by atoms with van der Waals surface area (Å²) >= 11 is 5.79. The van der Waals surface area contributed by atoms with Gasteiger partial charge in [0.2, 0.25) is 0 Å². The van der Waals surface area contributed by atoms with Crippen LogP contribution in [0.4, 0.5) is 0 Å². The first kappa shape index (κ1) is 13.5. The number of halogens is 1. The van der Waals surface area contributed by atoms with E-state index in [1.807, 2.05) is 0 Å². The minimum atomic E-state index is -0.853. The summed E-state index contributed by atoms with van der Waals surface area (Å²) in [6.45, 7) is 0.414. The van der Waals surface area contributed by atoms with Crippen molar-refractivity contribution in [2.45, 2.75) is 12.8 Å². The fraction of sp³-hybridized carbons (Fsp3) is 0.333. The molecule has 0 aliphatic carbocycles. The van der Waals surface area contributed by atoms with E-state index in [0.717, 1.165) is 0 Å². The summed E-state index contributed by atoms with van der Waals surface area (Å²) < 4.78 is 0. The van der Waals surface area contributed by atoms with Gasteiger partial charge in [0.25, 0.3) is 5.91 Å². The summed E-state index contributed by atoms with van der Waals surface area (Å²) in [7, 11) is 1.64. The molecule has 1 aromatic carbocycles. The normalized spacial score (nSPS) is 10.0.